The van der Waals surface area contributed by atoms with Crippen LogP contribution in [0.4, 0.5) is 5.82 Å². The van der Waals surface area contributed by atoms with E-state index in [0.717, 1.165) is 36.4 Å². The largest absolute Gasteiger partial charge is 0.352 e. The van der Waals surface area contributed by atoms with Crippen LogP contribution < -0.4 is 5.69 Å². The van der Waals surface area contributed by atoms with Gasteiger partial charge in [-0.25, -0.2) is 24.7 Å². The van der Waals surface area contributed by atoms with Gasteiger partial charge in [-0.05, 0) is 19.4 Å². The molecule has 0 radical (unpaired) electrons. The van der Waals surface area contributed by atoms with Gasteiger partial charge < -0.3 is 0 Å². The summed E-state index contributed by atoms with van der Waals surface area (Å²) in [4.78, 5) is 30.2. The highest BCUT2D eigenvalue weighted by atomic mass is 16.2. The predicted octanol–water partition coefficient (Wildman–Crippen LogP) is 2.19. The van der Waals surface area contributed by atoms with Crippen LogP contribution in [0.15, 0.2) is 28.4 Å². The molecule has 0 bridgehead atoms. The van der Waals surface area contributed by atoms with Gasteiger partial charge in [-0.2, -0.15) is 4.52 Å². The van der Waals surface area contributed by atoms with E-state index < -0.39 is 0 Å². The van der Waals surface area contributed by atoms with Crippen LogP contribution in [0.25, 0.3) is 17.2 Å². The number of nitrogens with zero attached hydrogens (tertiary/aromatic N) is 7. The Labute approximate surface area is 144 Å². The molecule has 3 aromatic heterocycles. The summed E-state index contributed by atoms with van der Waals surface area (Å²) >= 11 is 0. The molecule has 4 heterocycles. The first-order valence-corrected chi connectivity index (χ1v) is 8.52. The molecule has 0 saturated carbocycles. The zero-order chi connectivity index (χ0) is 17.4. The maximum absolute atomic E-state index is 13.0. The third-order valence-electron chi connectivity index (χ3n) is 4.34. The van der Waals surface area contributed by atoms with E-state index in [0.29, 0.717) is 30.1 Å². The van der Waals surface area contributed by atoms with E-state index in [4.69, 9.17) is 0 Å². The van der Waals surface area contributed by atoms with Crippen molar-refractivity contribution in [2.75, 3.05) is 0 Å². The Hall–Kier alpha value is -2.90. The van der Waals surface area contributed by atoms with Gasteiger partial charge in [0.15, 0.2) is 5.65 Å². The summed E-state index contributed by atoms with van der Waals surface area (Å²) in [7, 11) is 0. The van der Waals surface area contributed by atoms with Crippen LogP contribution in [0.5, 0.6) is 0 Å². The first kappa shape index (κ1) is 15.6. The summed E-state index contributed by atoms with van der Waals surface area (Å²) in [5.74, 6) is 1.16. The van der Waals surface area contributed by atoms with Crippen LogP contribution in [0.1, 0.15) is 38.7 Å². The van der Waals surface area contributed by atoms with Gasteiger partial charge in [-0.1, -0.05) is 19.8 Å². The van der Waals surface area contributed by atoms with Gasteiger partial charge in [-0.15, -0.1) is 5.10 Å². The van der Waals surface area contributed by atoms with Gasteiger partial charge in [0.25, 0.3) is 0 Å². The van der Waals surface area contributed by atoms with Gasteiger partial charge >= 0.3 is 5.69 Å². The van der Waals surface area contributed by atoms with Crippen molar-refractivity contribution in [1.82, 2.24) is 29.1 Å². The van der Waals surface area contributed by atoms with Gasteiger partial charge in [0, 0.05) is 30.4 Å². The Morgan fingerprint density at radius 2 is 2.16 bits per heavy atom. The normalized spacial score (nSPS) is 13.3. The maximum Gasteiger partial charge on any atom is 0.352 e. The molecule has 0 amide bonds. The molecule has 4 rings (SSSR count). The molecule has 0 aromatic carbocycles. The van der Waals surface area contributed by atoms with Crippen LogP contribution in [0.3, 0.4) is 0 Å². The smallest absolute Gasteiger partial charge is 0.276 e. The zero-order valence-electron chi connectivity index (χ0n) is 14.3. The second-order valence-corrected chi connectivity index (χ2v) is 6.23. The molecule has 8 heteroatoms. The zero-order valence-corrected chi connectivity index (χ0v) is 14.3. The Morgan fingerprint density at radius 3 is 2.92 bits per heavy atom. The van der Waals surface area contributed by atoms with E-state index in [-0.39, 0.29) is 5.69 Å². The number of aromatic nitrogens is 6. The van der Waals surface area contributed by atoms with Gasteiger partial charge in [-0.3, -0.25) is 4.57 Å². The fourth-order valence-corrected chi connectivity index (χ4v) is 3.12. The van der Waals surface area contributed by atoms with E-state index in [1.165, 1.54) is 10.8 Å². The molecular formula is C17H19N7O. The summed E-state index contributed by atoms with van der Waals surface area (Å²) in [5, 5.41) is 4.40. The number of aliphatic imine (C=N–C) groups is 1. The average molecular weight is 337 g/mol. The highest BCUT2D eigenvalue weighted by Crippen LogP contribution is 2.29. The number of hydrogen-bond acceptors (Lipinski definition) is 6. The summed E-state index contributed by atoms with van der Waals surface area (Å²) in [6.07, 6.45) is 6.88. The Morgan fingerprint density at radius 1 is 1.28 bits per heavy atom. The van der Waals surface area contributed by atoms with Crippen LogP contribution in [0, 0.1) is 0 Å². The lowest BCUT2D eigenvalue weighted by Gasteiger charge is -2.10. The van der Waals surface area contributed by atoms with E-state index in [1.807, 2.05) is 6.92 Å². The number of hydrogen-bond donors (Lipinski definition) is 0. The summed E-state index contributed by atoms with van der Waals surface area (Å²) in [6.45, 7) is 4.76. The fourth-order valence-electron chi connectivity index (χ4n) is 3.12. The lowest BCUT2D eigenvalue weighted by molar-refractivity contribution is 0.568. The standard InChI is InChI=1S/C17H19N7O/c1-3-4-5-8-23-15-12(9-11(2)20-15)16-21-14(22-24(16)17(23)25)13-6-7-18-10-19-13/h6-7,10H,3-5,8-9H2,1-2H3. The molecule has 8 nitrogen and oxygen atoms in total. The molecule has 25 heavy (non-hydrogen) atoms. The van der Waals surface area contributed by atoms with Gasteiger partial charge in [0.2, 0.25) is 5.82 Å². The summed E-state index contributed by atoms with van der Waals surface area (Å²) in [6, 6.07) is 1.73. The molecule has 128 valence electrons. The first-order chi connectivity index (χ1) is 12.2. The third kappa shape index (κ3) is 2.63. The lowest BCUT2D eigenvalue weighted by atomic mass is 10.2. The quantitative estimate of drug-likeness (QED) is 0.666. The van der Waals surface area contributed by atoms with Crippen LogP contribution in [0.2, 0.25) is 0 Å². The molecule has 0 aliphatic carbocycles. The van der Waals surface area contributed by atoms with Crippen LogP contribution in [-0.2, 0) is 13.0 Å². The first-order valence-electron chi connectivity index (χ1n) is 8.52. The molecule has 3 aromatic rings. The molecular weight excluding hydrogens is 318 g/mol. The van der Waals surface area contributed by atoms with Gasteiger partial charge in [0.05, 0.1) is 0 Å². The fraction of sp³-hybridized carbons (Fsp3) is 0.412. The van der Waals surface area contributed by atoms with Crippen molar-refractivity contribution in [3.05, 3.63) is 34.6 Å². The summed E-state index contributed by atoms with van der Waals surface area (Å²) in [5.41, 5.74) is 2.91. The molecule has 0 saturated heterocycles. The minimum atomic E-state index is -0.198. The van der Waals surface area contributed by atoms with Crippen molar-refractivity contribution in [2.45, 2.75) is 46.1 Å². The van der Waals surface area contributed by atoms with Crippen molar-refractivity contribution in [2.24, 2.45) is 4.99 Å². The monoisotopic (exact) mass is 337 g/mol. The maximum atomic E-state index is 13.0. The predicted molar refractivity (Wildman–Crippen MR) is 94.3 cm³/mol. The average Bonchev–Trinajstić information content (AvgIpc) is 3.22. The number of unbranched alkanes of at least 4 members (excludes halogenated alkanes) is 2. The topological polar surface area (TPSA) is 90.3 Å². The minimum Gasteiger partial charge on any atom is -0.276 e. The van der Waals surface area contributed by atoms with Crippen LogP contribution in [-0.4, -0.2) is 34.8 Å². The van der Waals surface area contributed by atoms with E-state index >= 15 is 0 Å². The van der Waals surface area contributed by atoms with E-state index in [9.17, 15) is 4.79 Å². The lowest BCUT2D eigenvalue weighted by Crippen LogP contribution is -2.28. The highest BCUT2D eigenvalue weighted by molar-refractivity contribution is 5.93. The van der Waals surface area contributed by atoms with Crippen molar-refractivity contribution < 1.29 is 0 Å². The third-order valence-corrected chi connectivity index (χ3v) is 4.34. The van der Waals surface area contributed by atoms with E-state index in [1.54, 1.807) is 16.8 Å². The molecule has 0 N–H and O–H groups in total. The minimum absolute atomic E-state index is 0.198. The molecule has 0 spiro atoms. The van der Waals surface area contributed by atoms with Crippen molar-refractivity contribution in [3.8, 4) is 11.5 Å². The number of fused-ring (bicyclic) bond motifs is 3. The Bertz CT molecular complexity index is 1020. The van der Waals surface area contributed by atoms with Gasteiger partial charge in [0.1, 0.15) is 17.8 Å². The van der Waals surface area contributed by atoms with E-state index in [2.05, 4.69) is 32.0 Å². The molecule has 0 atom stereocenters. The van der Waals surface area contributed by atoms with Crippen molar-refractivity contribution in [1.29, 1.82) is 0 Å². The Kier molecular flexibility index (Phi) is 3.87. The van der Waals surface area contributed by atoms with Crippen molar-refractivity contribution >= 4 is 17.2 Å². The Balaban J connectivity index is 1.90. The molecule has 1 aliphatic heterocycles. The second kappa shape index (κ2) is 6.19. The molecule has 1 aliphatic rings. The SMILES string of the molecule is CCCCCn1c2c(c3nc(-c4ccncn4)nn3c1=O)CC(C)=N2. The molecule has 0 fully saturated rings. The van der Waals surface area contributed by atoms with Crippen LogP contribution >= 0.6 is 0 Å². The summed E-state index contributed by atoms with van der Waals surface area (Å²) < 4.78 is 3.11. The molecule has 0 unspecified atom stereocenters. The van der Waals surface area contributed by atoms with Crippen molar-refractivity contribution in [3.63, 3.8) is 0 Å². The second-order valence-electron chi connectivity index (χ2n) is 6.23. The highest BCUT2D eigenvalue weighted by Gasteiger charge is 2.24. The number of rotatable bonds is 5.